The van der Waals surface area contributed by atoms with E-state index in [0.29, 0.717) is 12.8 Å². The molecule has 0 unspecified atom stereocenters. The van der Waals surface area contributed by atoms with E-state index in [1.54, 1.807) is 18.2 Å². The standard InChI is InChI=1S/C18H18F3NO3/c19-18(20,21)25-17-4-2-1-3-16(17)24-15-9-11-22(12-10-15)13-5-7-14(23)8-6-13/h1-8,15,23H,9-12H2. The van der Waals surface area contributed by atoms with Gasteiger partial charge in [-0.25, -0.2) is 0 Å². The highest BCUT2D eigenvalue weighted by Crippen LogP contribution is 2.34. The number of anilines is 1. The van der Waals surface area contributed by atoms with E-state index in [0.717, 1.165) is 18.8 Å². The summed E-state index contributed by atoms with van der Waals surface area (Å²) in [6, 6.07) is 12.7. The number of para-hydroxylation sites is 2. The molecule has 0 saturated carbocycles. The van der Waals surface area contributed by atoms with E-state index in [9.17, 15) is 18.3 Å². The first-order valence-corrected chi connectivity index (χ1v) is 7.96. The van der Waals surface area contributed by atoms with Crippen molar-refractivity contribution in [2.45, 2.75) is 25.3 Å². The van der Waals surface area contributed by atoms with Crippen LogP contribution in [0, 0.1) is 0 Å². The van der Waals surface area contributed by atoms with Gasteiger partial charge in [0.15, 0.2) is 11.5 Å². The van der Waals surface area contributed by atoms with E-state index in [-0.39, 0.29) is 23.4 Å². The number of alkyl halides is 3. The first kappa shape index (κ1) is 17.3. The smallest absolute Gasteiger partial charge is 0.508 e. The van der Waals surface area contributed by atoms with E-state index in [1.807, 2.05) is 12.1 Å². The summed E-state index contributed by atoms with van der Waals surface area (Å²) in [5.74, 6) is -0.0119. The molecule has 3 rings (SSSR count). The molecule has 0 amide bonds. The second kappa shape index (κ2) is 7.13. The molecule has 0 radical (unpaired) electrons. The second-order valence-electron chi connectivity index (χ2n) is 5.82. The van der Waals surface area contributed by atoms with Gasteiger partial charge in [-0.15, -0.1) is 13.2 Å². The highest BCUT2D eigenvalue weighted by Gasteiger charge is 2.33. The lowest BCUT2D eigenvalue weighted by Crippen LogP contribution is -2.38. The first-order chi connectivity index (χ1) is 11.9. The van der Waals surface area contributed by atoms with Crippen molar-refractivity contribution in [1.29, 1.82) is 0 Å². The van der Waals surface area contributed by atoms with Gasteiger partial charge in [0.25, 0.3) is 0 Å². The summed E-state index contributed by atoms with van der Waals surface area (Å²) >= 11 is 0. The molecule has 1 aliphatic rings. The van der Waals surface area contributed by atoms with Crippen molar-refractivity contribution in [3.8, 4) is 17.2 Å². The topological polar surface area (TPSA) is 41.9 Å². The van der Waals surface area contributed by atoms with Gasteiger partial charge in [0, 0.05) is 31.6 Å². The van der Waals surface area contributed by atoms with Crippen LogP contribution in [0.3, 0.4) is 0 Å². The number of rotatable bonds is 4. The molecule has 2 aromatic carbocycles. The highest BCUT2D eigenvalue weighted by atomic mass is 19.4. The Morgan fingerprint density at radius 1 is 0.920 bits per heavy atom. The Hall–Kier alpha value is -2.57. The molecule has 0 aliphatic carbocycles. The summed E-state index contributed by atoms with van der Waals surface area (Å²) in [6.07, 6.45) is -3.56. The van der Waals surface area contributed by atoms with Crippen LogP contribution in [0.4, 0.5) is 18.9 Å². The van der Waals surface area contributed by atoms with Gasteiger partial charge in [-0.1, -0.05) is 12.1 Å². The van der Waals surface area contributed by atoms with Gasteiger partial charge < -0.3 is 19.5 Å². The van der Waals surface area contributed by atoms with Gasteiger partial charge in [0.1, 0.15) is 11.9 Å². The Bertz CT molecular complexity index is 695. The minimum Gasteiger partial charge on any atom is -0.508 e. The Balaban J connectivity index is 1.60. The molecule has 1 aliphatic heterocycles. The third-order valence-electron chi connectivity index (χ3n) is 4.03. The maximum atomic E-state index is 12.5. The summed E-state index contributed by atoms with van der Waals surface area (Å²) in [4.78, 5) is 2.15. The lowest BCUT2D eigenvalue weighted by molar-refractivity contribution is -0.275. The number of hydrogen-bond donors (Lipinski definition) is 1. The van der Waals surface area contributed by atoms with Crippen molar-refractivity contribution in [2.24, 2.45) is 0 Å². The average molecular weight is 353 g/mol. The molecule has 1 fully saturated rings. The first-order valence-electron chi connectivity index (χ1n) is 7.96. The van der Waals surface area contributed by atoms with E-state index < -0.39 is 6.36 Å². The number of halogens is 3. The van der Waals surface area contributed by atoms with Gasteiger partial charge in [-0.05, 0) is 36.4 Å². The lowest BCUT2D eigenvalue weighted by Gasteiger charge is -2.34. The van der Waals surface area contributed by atoms with E-state index >= 15 is 0 Å². The van der Waals surface area contributed by atoms with E-state index in [4.69, 9.17) is 4.74 Å². The van der Waals surface area contributed by atoms with Crippen LogP contribution in [0.5, 0.6) is 17.2 Å². The van der Waals surface area contributed by atoms with Crippen molar-refractivity contribution in [1.82, 2.24) is 0 Å². The quantitative estimate of drug-likeness (QED) is 0.888. The number of phenolic OH excluding ortho intramolecular Hbond substituents is 1. The van der Waals surface area contributed by atoms with Crippen LogP contribution in [-0.4, -0.2) is 30.7 Å². The van der Waals surface area contributed by atoms with Crippen molar-refractivity contribution >= 4 is 5.69 Å². The Labute approximate surface area is 143 Å². The number of piperidine rings is 1. The van der Waals surface area contributed by atoms with E-state index in [2.05, 4.69) is 9.64 Å². The lowest BCUT2D eigenvalue weighted by atomic mass is 10.1. The van der Waals surface area contributed by atoms with Gasteiger partial charge in [-0.2, -0.15) is 0 Å². The SMILES string of the molecule is Oc1ccc(N2CCC(Oc3ccccc3OC(F)(F)F)CC2)cc1. The van der Waals surface area contributed by atoms with Crippen LogP contribution in [0.25, 0.3) is 0 Å². The molecule has 1 N–H and O–H groups in total. The zero-order valence-corrected chi connectivity index (χ0v) is 13.4. The van der Waals surface area contributed by atoms with Crippen LogP contribution in [0.2, 0.25) is 0 Å². The number of hydrogen-bond acceptors (Lipinski definition) is 4. The molecule has 25 heavy (non-hydrogen) atoms. The predicted octanol–water partition coefficient (Wildman–Crippen LogP) is 4.34. The molecule has 1 saturated heterocycles. The summed E-state index contributed by atoms with van der Waals surface area (Å²) in [6.45, 7) is 1.44. The average Bonchev–Trinajstić information content (AvgIpc) is 2.57. The van der Waals surface area contributed by atoms with Crippen LogP contribution in [0.15, 0.2) is 48.5 Å². The number of aromatic hydroxyl groups is 1. The number of nitrogens with zero attached hydrogens (tertiary/aromatic N) is 1. The minimum atomic E-state index is -4.75. The third kappa shape index (κ3) is 4.71. The molecule has 2 aromatic rings. The number of ether oxygens (including phenoxy) is 2. The van der Waals surface area contributed by atoms with Crippen LogP contribution >= 0.6 is 0 Å². The monoisotopic (exact) mass is 353 g/mol. The fraction of sp³-hybridized carbons (Fsp3) is 0.333. The second-order valence-corrected chi connectivity index (χ2v) is 5.82. The van der Waals surface area contributed by atoms with Crippen molar-refractivity contribution in [2.75, 3.05) is 18.0 Å². The Kier molecular flexibility index (Phi) is 4.92. The largest absolute Gasteiger partial charge is 0.573 e. The molecule has 0 aromatic heterocycles. The molecule has 0 atom stereocenters. The van der Waals surface area contributed by atoms with Crippen molar-refractivity contribution in [3.05, 3.63) is 48.5 Å². The highest BCUT2D eigenvalue weighted by molar-refractivity contribution is 5.49. The van der Waals surface area contributed by atoms with Gasteiger partial charge in [0.05, 0.1) is 0 Å². The fourth-order valence-corrected chi connectivity index (χ4v) is 2.83. The normalized spacial score (nSPS) is 15.9. The summed E-state index contributed by atoms with van der Waals surface area (Å²) in [5.41, 5.74) is 0.997. The molecule has 134 valence electrons. The summed E-state index contributed by atoms with van der Waals surface area (Å²) < 4.78 is 47.2. The van der Waals surface area contributed by atoms with E-state index in [1.165, 1.54) is 18.2 Å². The van der Waals surface area contributed by atoms with Crippen LogP contribution in [0.1, 0.15) is 12.8 Å². The molecule has 4 nitrogen and oxygen atoms in total. The molecule has 7 heteroatoms. The zero-order chi connectivity index (χ0) is 17.9. The molecule has 1 heterocycles. The predicted molar refractivity (Wildman–Crippen MR) is 87.1 cm³/mol. The molecular formula is C18H18F3NO3. The third-order valence-corrected chi connectivity index (χ3v) is 4.03. The molecular weight excluding hydrogens is 335 g/mol. The minimum absolute atomic E-state index is 0.0999. The maximum absolute atomic E-state index is 12.5. The Morgan fingerprint density at radius 3 is 2.12 bits per heavy atom. The van der Waals surface area contributed by atoms with Gasteiger partial charge >= 0.3 is 6.36 Å². The summed E-state index contributed by atoms with van der Waals surface area (Å²) in [5, 5.41) is 9.34. The summed E-state index contributed by atoms with van der Waals surface area (Å²) in [7, 11) is 0. The van der Waals surface area contributed by atoms with Crippen molar-refractivity contribution < 1.29 is 27.8 Å². The van der Waals surface area contributed by atoms with Crippen LogP contribution in [-0.2, 0) is 0 Å². The van der Waals surface area contributed by atoms with Gasteiger partial charge in [0.2, 0.25) is 0 Å². The zero-order valence-electron chi connectivity index (χ0n) is 13.4. The van der Waals surface area contributed by atoms with Gasteiger partial charge in [-0.3, -0.25) is 0 Å². The number of benzene rings is 2. The molecule has 0 bridgehead atoms. The fourth-order valence-electron chi connectivity index (χ4n) is 2.83. The van der Waals surface area contributed by atoms with Crippen molar-refractivity contribution in [3.63, 3.8) is 0 Å². The number of phenols is 1. The van der Waals surface area contributed by atoms with Crippen LogP contribution < -0.4 is 14.4 Å². The maximum Gasteiger partial charge on any atom is 0.573 e. The Morgan fingerprint density at radius 2 is 1.52 bits per heavy atom. The molecule has 0 spiro atoms.